The van der Waals surface area contributed by atoms with Gasteiger partial charge < -0.3 is 5.32 Å². The fourth-order valence-corrected chi connectivity index (χ4v) is 3.74. The molecule has 0 saturated heterocycles. The van der Waals surface area contributed by atoms with Crippen molar-refractivity contribution < 1.29 is 17.6 Å². The number of amides is 1. The summed E-state index contributed by atoms with van der Waals surface area (Å²) in [7, 11) is -3.87. The van der Waals surface area contributed by atoms with Crippen LogP contribution in [-0.4, -0.2) is 31.7 Å². The molecule has 0 aliphatic heterocycles. The molecule has 0 spiro atoms. The van der Waals surface area contributed by atoms with Crippen LogP contribution in [0.3, 0.4) is 0 Å². The molecule has 0 unspecified atom stereocenters. The highest BCUT2D eigenvalue weighted by Crippen LogP contribution is 2.19. The Hall–Kier alpha value is -2.25. The van der Waals surface area contributed by atoms with Crippen molar-refractivity contribution in [3.8, 4) is 0 Å². The standard InChI is InChI=1S/C19H23FN2O3S/c1-3-12-21-19(23)14-22(13-16-6-8-17(20)9-7-16)26(24,25)18-10-4-15(2)5-11-18/h4-11H,3,12-14H2,1-2H3,(H,21,23). The zero-order valence-electron chi connectivity index (χ0n) is 14.9. The topological polar surface area (TPSA) is 66.5 Å². The first-order valence-corrected chi connectivity index (χ1v) is 9.85. The smallest absolute Gasteiger partial charge is 0.243 e. The summed E-state index contributed by atoms with van der Waals surface area (Å²) >= 11 is 0. The van der Waals surface area contributed by atoms with Crippen LogP contribution in [0.25, 0.3) is 0 Å². The molecule has 0 bridgehead atoms. The number of halogens is 1. The van der Waals surface area contributed by atoms with Gasteiger partial charge in [-0.05, 0) is 43.2 Å². The van der Waals surface area contributed by atoms with E-state index in [9.17, 15) is 17.6 Å². The van der Waals surface area contributed by atoms with Gasteiger partial charge in [-0.3, -0.25) is 4.79 Å². The minimum Gasteiger partial charge on any atom is -0.355 e. The molecule has 1 amide bonds. The molecule has 0 aromatic heterocycles. The van der Waals surface area contributed by atoms with Crippen molar-refractivity contribution in [2.75, 3.05) is 13.1 Å². The van der Waals surface area contributed by atoms with Crippen LogP contribution < -0.4 is 5.32 Å². The first kappa shape index (κ1) is 20.1. The lowest BCUT2D eigenvalue weighted by Gasteiger charge is -2.22. The van der Waals surface area contributed by atoms with Crippen LogP contribution in [0.1, 0.15) is 24.5 Å². The highest BCUT2D eigenvalue weighted by Gasteiger charge is 2.26. The van der Waals surface area contributed by atoms with Crippen LogP contribution in [0.2, 0.25) is 0 Å². The lowest BCUT2D eigenvalue weighted by atomic mass is 10.2. The Morgan fingerprint density at radius 2 is 1.69 bits per heavy atom. The molecule has 0 heterocycles. The molecule has 0 aliphatic rings. The van der Waals surface area contributed by atoms with Crippen molar-refractivity contribution in [3.63, 3.8) is 0 Å². The van der Waals surface area contributed by atoms with Gasteiger partial charge in [-0.2, -0.15) is 4.31 Å². The van der Waals surface area contributed by atoms with E-state index in [2.05, 4.69) is 5.32 Å². The normalized spacial score (nSPS) is 11.5. The van der Waals surface area contributed by atoms with Gasteiger partial charge in [0.25, 0.3) is 0 Å². The van der Waals surface area contributed by atoms with Gasteiger partial charge in [0.1, 0.15) is 5.82 Å². The highest BCUT2D eigenvalue weighted by molar-refractivity contribution is 7.89. The molecule has 0 aliphatic carbocycles. The van der Waals surface area contributed by atoms with Gasteiger partial charge in [0.05, 0.1) is 11.4 Å². The largest absolute Gasteiger partial charge is 0.355 e. The maximum atomic E-state index is 13.1. The molecule has 2 aromatic carbocycles. The minimum absolute atomic E-state index is 0.0178. The summed E-state index contributed by atoms with van der Waals surface area (Å²) in [4.78, 5) is 12.2. The van der Waals surface area contributed by atoms with E-state index in [0.717, 1.165) is 16.3 Å². The predicted molar refractivity (Wildman–Crippen MR) is 98.5 cm³/mol. The van der Waals surface area contributed by atoms with Gasteiger partial charge in [0.15, 0.2) is 0 Å². The number of nitrogens with zero attached hydrogens (tertiary/aromatic N) is 1. The number of hydrogen-bond donors (Lipinski definition) is 1. The number of hydrogen-bond acceptors (Lipinski definition) is 3. The Bertz CT molecular complexity index is 834. The predicted octanol–water partition coefficient (Wildman–Crippen LogP) is 2.85. The third-order valence-corrected chi connectivity index (χ3v) is 5.63. The second-order valence-electron chi connectivity index (χ2n) is 6.06. The number of rotatable bonds is 8. The first-order valence-electron chi connectivity index (χ1n) is 8.41. The Kier molecular flexibility index (Phi) is 6.88. The molecule has 0 fully saturated rings. The van der Waals surface area contributed by atoms with Gasteiger partial charge >= 0.3 is 0 Å². The monoisotopic (exact) mass is 378 g/mol. The summed E-state index contributed by atoms with van der Waals surface area (Å²) in [6.45, 7) is 3.95. The average Bonchev–Trinajstić information content (AvgIpc) is 2.61. The van der Waals surface area contributed by atoms with Gasteiger partial charge in [0, 0.05) is 13.1 Å². The van der Waals surface area contributed by atoms with E-state index in [1.165, 1.54) is 36.4 Å². The van der Waals surface area contributed by atoms with Crippen LogP contribution in [0.15, 0.2) is 53.4 Å². The van der Waals surface area contributed by atoms with Crippen molar-refractivity contribution in [1.82, 2.24) is 9.62 Å². The number of aryl methyl sites for hydroxylation is 1. The number of benzene rings is 2. The Balaban J connectivity index is 2.30. The second-order valence-corrected chi connectivity index (χ2v) is 8.00. The lowest BCUT2D eigenvalue weighted by molar-refractivity contribution is -0.121. The maximum Gasteiger partial charge on any atom is 0.243 e. The third-order valence-electron chi connectivity index (χ3n) is 3.82. The fourth-order valence-electron chi connectivity index (χ4n) is 2.36. The Morgan fingerprint density at radius 1 is 1.08 bits per heavy atom. The Labute approximate surface area is 153 Å². The van der Waals surface area contributed by atoms with Crippen LogP contribution in [0.5, 0.6) is 0 Å². The van der Waals surface area contributed by atoms with Crippen LogP contribution in [-0.2, 0) is 21.4 Å². The fraction of sp³-hybridized carbons (Fsp3) is 0.316. The van der Waals surface area contributed by atoms with Crippen molar-refractivity contribution in [1.29, 1.82) is 0 Å². The quantitative estimate of drug-likeness (QED) is 0.768. The van der Waals surface area contributed by atoms with Crippen LogP contribution >= 0.6 is 0 Å². The van der Waals surface area contributed by atoms with E-state index in [1.807, 2.05) is 13.8 Å². The van der Waals surface area contributed by atoms with E-state index in [0.29, 0.717) is 12.1 Å². The summed E-state index contributed by atoms with van der Waals surface area (Å²) in [5.74, 6) is -0.771. The molecule has 5 nitrogen and oxygen atoms in total. The SMILES string of the molecule is CCCNC(=O)CN(Cc1ccc(F)cc1)S(=O)(=O)c1ccc(C)cc1. The Morgan fingerprint density at radius 3 is 2.27 bits per heavy atom. The number of nitrogens with one attached hydrogen (secondary N) is 1. The molecule has 0 radical (unpaired) electrons. The molecule has 2 rings (SSSR count). The molecule has 0 atom stereocenters. The zero-order valence-corrected chi connectivity index (χ0v) is 15.7. The van der Waals surface area contributed by atoms with Crippen molar-refractivity contribution >= 4 is 15.9 Å². The van der Waals surface area contributed by atoms with Crippen molar-refractivity contribution in [2.24, 2.45) is 0 Å². The average molecular weight is 378 g/mol. The summed E-state index contributed by atoms with van der Waals surface area (Å²) in [6, 6.07) is 12.0. The molecule has 7 heteroatoms. The highest BCUT2D eigenvalue weighted by atomic mass is 32.2. The first-order chi connectivity index (χ1) is 12.3. The van der Waals surface area contributed by atoms with Gasteiger partial charge in [-0.25, -0.2) is 12.8 Å². The van der Waals surface area contributed by atoms with Gasteiger partial charge in [-0.1, -0.05) is 36.8 Å². The van der Waals surface area contributed by atoms with Crippen LogP contribution in [0.4, 0.5) is 4.39 Å². The minimum atomic E-state index is -3.87. The molecule has 26 heavy (non-hydrogen) atoms. The number of sulfonamides is 1. The molecule has 0 saturated carbocycles. The number of carbonyl (C=O) groups excluding carboxylic acids is 1. The van der Waals surface area contributed by atoms with E-state index in [1.54, 1.807) is 12.1 Å². The molecular formula is C19H23FN2O3S. The van der Waals surface area contributed by atoms with E-state index in [-0.39, 0.29) is 23.9 Å². The van der Waals surface area contributed by atoms with E-state index < -0.39 is 15.8 Å². The second kappa shape index (κ2) is 8.91. The zero-order chi connectivity index (χ0) is 19.2. The summed E-state index contributed by atoms with van der Waals surface area (Å²) in [6.07, 6.45) is 0.758. The van der Waals surface area contributed by atoms with E-state index >= 15 is 0 Å². The van der Waals surface area contributed by atoms with Gasteiger partial charge in [0.2, 0.25) is 15.9 Å². The lowest BCUT2D eigenvalue weighted by Crippen LogP contribution is -2.40. The summed E-state index contributed by atoms with van der Waals surface area (Å²) in [5, 5.41) is 2.69. The summed E-state index contributed by atoms with van der Waals surface area (Å²) in [5.41, 5.74) is 1.54. The van der Waals surface area contributed by atoms with Crippen LogP contribution in [0, 0.1) is 12.7 Å². The number of carbonyl (C=O) groups is 1. The third kappa shape index (κ3) is 5.37. The molecule has 140 valence electrons. The van der Waals surface area contributed by atoms with Crippen molar-refractivity contribution in [2.45, 2.75) is 31.7 Å². The molecule has 1 N–H and O–H groups in total. The molecule has 2 aromatic rings. The molecular weight excluding hydrogens is 355 g/mol. The van der Waals surface area contributed by atoms with Crippen molar-refractivity contribution in [3.05, 3.63) is 65.5 Å². The maximum absolute atomic E-state index is 13.1. The van der Waals surface area contributed by atoms with E-state index in [4.69, 9.17) is 0 Å². The van der Waals surface area contributed by atoms with Gasteiger partial charge in [-0.15, -0.1) is 0 Å². The summed E-state index contributed by atoms with van der Waals surface area (Å²) < 4.78 is 40.2.